The van der Waals surface area contributed by atoms with Crippen molar-refractivity contribution in [2.24, 2.45) is 5.92 Å². The number of aromatic hydroxyl groups is 1. The molecule has 4 nitrogen and oxygen atoms in total. The van der Waals surface area contributed by atoms with Crippen molar-refractivity contribution < 1.29 is 14.7 Å². The van der Waals surface area contributed by atoms with Crippen molar-refractivity contribution in [3.8, 4) is 5.75 Å². The molecule has 0 radical (unpaired) electrons. The van der Waals surface area contributed by atoms with Crippen molar-refractivity contribution in [3.63, 3.8) is 0 Å². The fourth-order valence-corrected chi connectivity index (χ4v) is 1.77. The Kier molecular flexibility index (Phi) is 4.02. The normalized spacial score (nSPS) is 10.9. The van der Waals surface area contributed by atoms with Gasteiger partial charge in [0.25, 0.3) is 5.91 Å². The number of hydrogen-bond donors (Lipinski definition) is 2. The zero-order valence-electron chi connectivity index (χ0n) is 11.0. The van der Waals surface area contributed by atoms with Crippen LogP contribution in [0.15, 0.2) is 36.4 Å². The van der Waals surface area contributed by atoms with Crippen molar-refractivity contribution in [1.82, 2.24) is 5.48 Å². The number of carbonyl (C=O) groups excluding carboxylic acids is 1. The van der Waals surface area contributed by atoms with E-state index in [1.807, 2.05) is 32.0 Å². The van der Waals surface area contributed by atoms with Gasteiger partial charge in [0.2, 0.25) is 0 Å². The minimum absolute atomic E-state index is 0.0243. The second kappa shape index (κ2) is 5.71. The molecule has 0 aliphatic carbocycles. The van der Waals surface area contributed by atoms with Crippen LogP contribution in [0.3, 0.4) is 0 Å². The van der Waals surface area contributed by atoms with Crippen LogP contribution in [-0.2, 0) is 4.84 Å². The van der Waals surface area contributed by atoms with Gasteiger partial charge in [-0.25, -0.2) is 5.48 Å². The quantitative estimate of drug-likeness (QED) is 0.830. The SMILES string of the molecule is CC(C)CONC(=O)c1ccc2ccccc2c1O. The number of rotatable bonds is 4. The van der Waals surface area contributed by atoms with Crippen molar-refractivity contribution >= 4 is 16.7 Å². The van der Waals surface area contributed by atoms with Gasteiger partial charge in [0.1, 0.15) is 5.75 Å². The fraction of sp³-hybridized carbons (Fsp3) is 0.267. The number of fused-ring (bicyclic) bond motifs is 1. The topological polar surface area (TPSA) is 58.6 Å². The number of carbonyl (C=O) groups is 1. The Balaban J connectivity index is 2.20. The van der Waals surface area contributed by atoms with Crippen LogP contribution in [0.1, 0.15) is 24.2 Å². The highest BCUT2D eigenvalue weighted by Gasteiger charge is 2.13. The molecule has 0 bridgehead atoms. The van der Waals surface area contributed by atoms with E-state index in [2.05, 4.69) is 5.48 Å². The van der Waals surface area contributed by atoms with Gasteiger partial charge in [-0.2, -0.15) is 0 Å². The molecule has 100 valence electrons. The number of benzene rings is 2. The predicted molar refractivity (Wildman–Crippen MR) is 73.9 cm³/mol. The maximum Gasteiger partial charge on any atom is 0.278 e. The van der Waals surface area contributed by atoms with Crippen molar-refractivity contribution in [3.05, 3.63) is 42.0 Å². The smallest absolute Gasteiger partial charge is 0.278 e. The molecule has 2 rings (SSSR count). The molecule has 0 atom stereocenters. The Bertz CT molecular complexity index is 593. The van der Waals surface area contributed by atoms with Crippen LogP contribution in [0.25, 0.3) is 10.8 Å². The van der Waals surface area contributed by atoms with E-state index in [0.717, 1.165) is 5.39 Å². The Hall–Kier alpha value is -2.07. The van der Waals surface area contributed by atoms with E-state index in [1.54, 1.807) is 18.2 Å². The zero-order valence-corrected chi connectivity index (χ0v) is 11.0. The van der Waals surface area contributed by atoms with Gasteiger partial charge in [-0.3, -0.25) is 9.63 Å². The molecular formula is C15H17NO3. The van der Waals surface area contributed by atoms with Gasteiger partial charge < -0.3 is 5.11 Å². The van der Waals surface area contributed by atoms with E-state index < -0.39 is 5.91 Å². The minimum atomic E-state index is -0.441. The molecule has 0 heterocycles. The maximum atomic E-state index is 11.9. The number of phenolic OH excluding ortho intramolecular Hbond substituents is 1. The highest BCUT2D eigenvalue weighted by atomic mass is 16.6. The molecule has 0 aliphatic heterocycles. The Morgan fingerprint density at radius 3 is 2.74 bits per heavy atom. The van der Waals surface area contributed by atoms with Gasteiger partial charge in [-0.05, 0) is 17.4 Å². The summed E-state index contributed by atoms with van der Waals surface area (Å²) in [6.07, 6.45) is 0. The molecule has 19 heavy (non-hydrogen) atoms. The van der Waals surface area contributed by atoms with Crippen molar-refractivity contribution in [2.75, 3.05) is 6.61 Å². The zero-order chi connectivity index (χ0) is 13.8. The molecule has 0 unspecified atom stereocenters. The second-order valence-corrected chi connectivity index (χ2v) is 4.82. The molecule has 2 N–H and O–H groups in total. The van der Waals surface area contributed by atoms with E-state index in [4.69, 9.17) is 4.84 Å². The molecule has 0 fully saturated rings. The van der Waals surface area contributed by atoms with Crippen LogP contribution in [0.4, 0.5) is 0 Å². The molecule has 0 aliphatic rings. The minimum Gasteiger partial charge on any atom is -0.506 e. The first kappa shape index (κ1) is 13.4. The fourth-order valence-electron chi connectivity index (χ4n) is 1.77. The number of hydrogen-bond acceptors (Lipinski definition) is 3. The van der Waals surface area contributed by atoms with Gasteiger partial charge in [0.15, 0.2) is 0 Å². The van der Waals surface area contributed by atoms with Gasteiger partial charge in [0.05, 0.1) is 12.2 Å². The standard InChI is InChI=1S/C15H17NO3/c1-10(2)9-19-16-15(18)13-8-7-11-5-3-4-6-12(11)14(13)17/h3-8,10,17H,9H2,1-2H3,(H,16,18). The molecule has 2 aromatic carbocycles. The van der Waals surface area contributed by atoms with E-state index in [-0.39, 0.29) is 11.3 Å². The number of phenols is 1. The first-order valence-electron chi connectivity index (χ1n) is 6.22. The molecule has 1 amide bonds. The van der Waals surface area contributed by atoms with E-state index in [1.165, 1.54) is 0 Å². The van der Waals surface area contributed by atoms with Gasteiger partial charge in [-0.1, -0.05) is 44.2 Å². The predicted octanol–water partition coefficient (Wildman–Crippen LogP) is 2.86. The van der Waals surface area contributed by atoms with Crippen molar-refractivity contribution in [1.29, 1.82) is 0 Å². The second-order valence-electron chi connectivity index (χ2n) is 4.82. The van der Waals surface area contributed by atoms with Gasteiger partial charge in [-0.15, -0.1) is 0 Å². The number of nitrogens with one attached hydrogen (secondary N) is 1. The number of amides is 1. The molecule has 0 aromatic heterocycles. The lowest BCUT2D eigenvalue weighted by Gasteiger charge is -2.10. The number of hydroxylamine groups is 1. The first-order chi connectivity index (χ1) is 9.09. The lowest BCUT2D eigenvalue weighted by molar-refractivity contribution is 0.0207. The first-order valence-corrected chi connectivity index (χ1v) is 6.22. The third-order valence-electron chi connectivity index (χ3n) is 2.73. The Labute approximate surface area is 112 Å². The summed E-state index contributed by atoms with van der Waals surface area (Å²) in [5.41, 5.74) is 2.55. The third-order valence-corrected chi connectivity index (χ3v) is 2.73. The molecule has 0 spiro atoms. The highest BCUT2D eigenvalue weighted by Crippen LogP contribution is 2.28. The summed E-state index contributed by atoms with van der Waals surface area (Å²) in [6, 6.07) is 10.7. The van der Waals surface area contributed by atoms with Crippen LogP contribution in [0.2, 0.25) is 0 Å². The van der Waals surface area contributed by atoms with E-state index >= 15 is 0 Å². The summed E-state index contributed by atoms with van der Waals surface area (Å²) in [7, 11) is 0. The molecule has 0 saturated heterocycles. The van der Waals surface area contributed by atoms with Crippen LogP contribution in [0, 0.1) is 5.92 Å². The molecule has 2 aromatic rings. The Morgan fingerprint density at radius 1 is 1.26 bits per heavy atom. The van der Waals surface area contributed by atoms with Gasteiger partial charge >= 0.3 is 0 Å². The summed E-state index contributed by atoms with van der Waals surface area (Å²) in [4.78, 5) is 17.0. The summed E-state index contributed by atoms with van der Waals surface area (Å²) in [6.45, 7) is 4.40. The molecular weight excluding hydrogens is 242 g/mol. The monoisotopic (exact) mass is 259 g/mol. The lowest BCUT2D eigenvalue weighted by Crippen LogP contribution is -2.25. The third kappa shape index (κ3) is 3.03. The lowest BCUT2D eigenvalue weighted by atomic mass is 10.1. The highest BCUT2D eigenvalue weighted by molar-refractivity contribution is 6.03. The van der Waals surface area contributed by atoms with E-state index in [9.17, 15) is 9.90 Å². The van der Waals surface area contributed by atoms with E-state index in [0.29, 0.717) is 17.9 Å². The van der Waals surface area contributed by atoms with Crippen LogP contribution in [-0.4, -0.2) is 17.6 Å². The largest absolute Gasteiger partial charge is 0.506 e. The summed E-state index contributed by atoms with van der Waals surface area (Å²) in [5.74, 6) is -0.141. The summed E-state index contributed by atoms with van der Waals surface area (Å²) >= 11 is 0. The molecule has 4 heteroatoms. The summed E-state index contributed by atoms with van der Waals surface area (Å²) in [5, 5.41) is 11.7. The van der Waals surface area contributed by atoms with Crippen LogP contribution < -0.4 is 5.48 Å². The maximum absolute atomic E-state index is 11.9. The van der Waals surface area contributed by atoms with Gasteiger partial charge in [0, 0.05) is 5.39 Å². The average Bonchev–Trinajstić information content (AvgIpc) is 2.39. The van der Waals surface area contributed by atoms with Crippen LogP contribution in [0.5, 0.6) is 5.75 Å². The molecule has 0 saturated carbocycles. The Morgan fingerprint density at radius 2 is 2.00 bits per heavy atom. The van der Waals surface area contributed by atoms with Crippen LogP contribution >= 0.6 is 0 Å². The average molecular weight is 259 g/mol. The van der Waals surface area contributed by atoms with Crippen molar-refractivity contribution in [2.45, 2.75) is 13.8 Å². The summed E-state index contributed by atoms with van der Waals surface area (Å²) < 4.78 is 0.